The van der Waals surface area contributed by atoms with E-state index in [1.807, 2.05) is 55.5 Å². The highest BCUT2D eigenvalue weighted by atomic mass is 16.5. The van der Waals surface area contributed by atoms with Gasteiger partial charge < -0.3 is 4.74 Å². The maximum atomic E-state index is 8.92. The molecule has 3 rings (SSSR count). The van der Waals surface area contributed by atoms with E-state index in [4.69, 9.17) is 15.3 Å². The van der Waals surface area contributed by atoms with E-state index < -0.39 is 0 Å². The topological polar surface area (TPSA) is 82.6 Å². The average molecular weight is 326 g/mol. The fourth-order valence-corrected chi connectivity index (χ4v) is 2.38. The van der Waals surface area contributed by atoms with E-state index >= 15 is 0 Å². The van der Waals surface area contributed by atoms with E-state index in [0.29, 0.717) is 11.3 Å². The number of ether oxygens (including phenoxy) is 1. The second kappa shape index (κ2) is 7.25. The first-order valence-electron chi connectivity index (χ1n) is 7.67. The van der Waals surface area contributed by atoms with Crippen molar-refractivity contribution in [2.75, 3.05) is 0 Å². The van der Waals surface area contributed by atoms with Crippen LogP contribution in [0.5, 0.6) is 5.75 Å². The van der Waals surface area contributed by atoms with Crippen LogP contribution in [0.2, 0.25) is 0 Å². The molecule has 0 fully saturated rings. The van der Waals surface area contributed by atoms with Gasteiger partial charge in [-0.05, 0) is 31.2 Å². The summed E-state index contributed by atoms with van der Waals surface area (Å²) in [6.07, 6.45) is 1.51. The van der Waals surface area contributed by atoms with Crippen molar-refractivity contribution in [2.45, 2.75) is 13.5 Å². The van der Waals surface area contributed by atoms with Crippen LogP contribution in [0.1, 0.15) is 17.0 Å². The smallest absolute Gasteiger partial charge is 0.132 e. The molecule has 1 aromatic heterocycles. The first-order chi connectivity index (χ1) is 12.2. The number of allylic oxidation sites excluding steroid dienone is 1. The Bertz CT molecular complexity index is 1030. The van der Waals surface area contributed by atoms with Gasteiger partial charge in [-0.15, -0.1) is 0 Å². The molecular weight excluding hydrogens is 312 g/mol. The Hall–Kier alpha value is -3.70. The van der Waals surface area contributed by atoms with Gasteiger partial charge in [0, 0.05) is 5.56 Å². The van der Waals surface area contributed by atoms with E-state index in [1.54, 1.807) is 12.1 Å². The van der Waals surface area contributed by atoms with Gasteiger partial charge in [-0.25, -0.2) is 9.97 Å². The van der Waals surface area contributed by atoms with E-state index in [0.717, 1.165) is 22.4 Å². The monoisotopic (exact) mass is 326 g/mol. The van der Waals surface area contributed by atoms with Crippen molar-refractivity contribution >= 4 is 17.1 Å². The van der Waals surface area contributed by atoms with Crippen LogP contribution in [0.3, 0.4) is 0 Å². The quantitative estimate of drug-likeness (QED) is 0.678. The molecule has 3 aromatic rings. The lowest BCUT2D eigenvalue weighted by molar-refractivity contribution is 0.299. The van der Waals surface area contributed by atoms with Crippen molar-refractivity contribution in [3.63, 3.8) is 0 Å². The predicted octanol–water partition coefficient (Wildman–Crippen LogP) is 3.95. The number of aryl methyl sites for hydroxylation is 1. The summed E-state index contributed by atoms with van der Waals surface area (Å²) in [6, 6.07) is 18.6. The predicted molar refractivity (Wildman–Crippen MR) is 94.3 cm³/mol. The summed E-state index contributed by atoms with van der Waals surface area (Å²) in [5.41, 5.74) is 3.92. The molecule has 0 spiro atoms. The van der Waals surface area contributed by atoms with Crippen molar-refractivity contribution in [2.24, 2.45) is 0 Å². The Balaban J connectivity index is 1.88. The molecule has 1 heterocycles. The highest BCUT2D eigenvalue weighted by Gasteiger charge is 2.08. The zero-order valence-corrected chi connectivity index (χ0v) is 13.6. The summed E-state index contributed by atoms with van der Waals surface area (Å²) in [5.74, 6) is 0.583. The highest BCUT2D eigenvalue weighted by Crippen LogP contribution is 2.22. The van der Waals surface area contributed by atoms with Gasteiger partial charge in [0.05, 0.1) is 22.4 Å². The maximum absolute atomic E-state index is 8.92. The first kappa shape index (κ1) is 16.2. The van der Waals surface area contributed by atoms with Gasteiger partial charge in [0.2, 0.25) is 0 Å². The molecule has 120 valence electrons. The summed E-state index contributed by atoms with van der Waals surface area (Å²) in [6.45, 7) is 2.15. The summed E-state index contributed by atoms with van der Waals surface area (Å²) in [4.78, 5) is 9.15. The third-order valence-electron chi connectivity index (χ3n) is 3.67. The van der Waals surface area contributed by atoms with Crippen LogP contribution in [-0.2, 0) is 6.61 Å². The molecular formula is C20H14N4O. The molecule has 0 saturated heterocycles. The van der Waals surface area contributed by atoms with Gasteiger partial charge in [-0.2, -0.15) is 10.5 Å². The molecule has 5 heteroatoms. The highest BCUT2D eigenvalue weighted by molar-refractivity contribution is 5.74. The molecule has 0 N–H and O–H groups in total. The minimum atomic E-state index is 0.0257. The largest absolute Gasteiger partial charge is 0.487 e. The molecule has 0 aliphatic carbocycles. The number of hydrogen-bond donors (Lipinski definition) is 0. The fourth-order valence-electron chi connectivity index (χ4n) is 2.38. The molecule has 0 unspecified atom stereocenters. The molecule has 2 aromatic carbocycles. The molecule has 0 bridgehead atoms. The maximum Gasteiger partial charge on any atom is 0.132 e. The molecule has 0 radical (unpaired) electrons. The van der Waals surface area contributed by atoms with Crippen molar-refractivity contribution in [1.82, 2.24) is 9.97 Å². The minimum absolute atomic E-state index is 0.0257. The number of aromatic nitrogens is 2. The average Bonchev–Trinajstić information content (AvgIpc) is 2.65. The molecule has 0 aliphatic rings. The lowest BCUT2D eigenvalue weighted by Gasteiger charge is -2.11. The van der Waals surface area contributed by atoms with Gasteiger partial charge in [-0.3, -0.25) is 0 Å². The Morgan fingerprint density at radius 1 is 1.00 bits per heavy atom. The summed E-state index contributed by atoms with van der Waals surface area (Å²) >= 11 is 0. The summed E-state index contributed by atoms with van der Waals surface area (Å²) in [7, 11) is 0. The molecule has 5 nitrogen and oxygen atoms in total. The third kappa shape index (κ3) is 3.63. The van der Waals surface area contributed by atoms with Crippen LogP contribution >= 0.6 is 0 Å². The van der Waals surface area contributed by atoms with Crippen LogP contribution in [0.15, 0.2) is 54.1 Å². The van der Waals surface area contributed by atoms with Crippen molar-refractivity contribution in [3.8, 4) is 17.9 Å². The zero-order valence-electron chi connectivity index (χ0n) is 13.6. The summed E-state index contributed by atoms with van der Waals surface area (Å²) in [5, 5.41) is 17.8. The molecule has 0 amide bonds. The normalized spacial score (nSPS) is 9.88. The second-order valence-corrected chi connectivity index (χ2v) is 5.35. The Morgan fingerprint density at radius 2 is 1.64 bits per heavy atom. The number of nitrogens with zero attached hydrogens (tertiary/aromatic N) is 4. The number of benzene rings is 2. The van der Waals surface area contributed by atoms with Crippen molar-refractivity contribution < 1.29 is 4.74 Å². The van der Waals surface area contributed by atoms with Gasteiger partial charge in [0.25, 0.3) is 0 Å². The molecule has 0 atom stereocenters. The SMILES string of the molecule is Cc1nc2ccccc2nc1COc1ccccc1C=C(C#N)C#N. The van der Waals surface area contributed by atoms with Crippen LogP contribution in [0.4, 0.5) is 0 Å². The molecule has 0 aliphatic heterocycles. The Morgan fingerprint density at radius 3 is 2.36 bits per heavy atom. The van der Waals surface area contributed by atoms with Crippen LogP contribution in [0.25, 0.3) is 17.1 Å². The second-order valence-electron chi connectivity index (χ2n) is 5.35. The van der Waals surface area contributed by atoms with E-state index in [-0.39, 0.29) is 12.2 Å². The van der Waals surface area contributed by atoms with Gasteiger partial charge >= 0.3 is 0 Å². The molecule has 0 saturated carbocycles. The van der Waals surface area contributed by atoms with Gasteiger partial charge in [0.15, 0.2) is 0 Å². The zero-order chi connectivity index (χ0) is 17.6. The number of hydrogen-bond acceptors (Lipinski definition) is 5. The number of rotatable bonds is 4. The fraction of sp³-hybridized carbons (Fsp3) is 0.100. The van der Waals surface area contributed by atoms with Gasteiger partial charge in [0.1, 0.15) is 30.1 Å². The standard InChI is InChI=1S/C20H14N4O/c1-14-19(24-18-8-4-3-7-17(18)23-14)13-25-20-9-5-2-6-16(20)10-15(11-21)12-22/h2-10H,13H2,1H3. The first-order valence-corrected chi connectivity index (χ1v) is 7.67. The number of para-hydroxylation sites is 3. The van der Waals surface area contributed by atoms with E-state index in [9.17, 15) is 0 Å². The summed E-state index contributed by atoms with van der Waals surface area (Å²) < 4.78 is 5.88. The molecule has 25 heavy (non-hydrogen) atoms. The third-order valence-corrected chi connectivity index (χ3v) is 3.67. The van der Waals surface area contributed by atoms with Crippen LogP contribution in [0, 0.1) is 29.6 Å². The van der Waals surface area contributed by atoms with Crippen molar-refractivity contribution in [1.29, 1.82) is 10.5 Å². The number of fused-ring (bicyclic) bond motifs is 1. The van der Waals surface area contributed by atoms with E-state index in [1.165, 1.54) is 6.08 Å². The minimum Gasteiger partial charge on any atom is -0.487 e. The van der Waals surface area contributed by atoms with Crippen molar-refractivity contribution in [3.05, 3.63) is 71.1 Å². The van der Waals surface area contributed by atoms with Crippen LogP contribution < -0.4 is 4.74 Å². The van der Waals surface area contributed by atoms with Gasteiger partial charge in [-0.1, -0.05) is 30.3 Å². The number of nitriles is 2. The lowest BCUT2D eigenvalue weighted by atomic mass is 10.1. The van der Waals surface area contributed by atoms with Crippen LogP contribution in [-0.4, -0.2) is 9.97 Å². The Labute approximate surface area is 145 Å². The lowest BCUT2D eigenvalue weighted by Crippen LogP contribution is -2.04. The Kier molecular flexibility index (Phi) is 4.69. The van der Waals surface area contributed by atoms with E-state index in [2.05, 4.69) is 9.97 Å².